The minimum atomic E-state index is 0.343. The third kappa shape index (κ3) is 2.83. The SMILES string of the molecule is CCOCCCOc1c(CN)oc2ccccc12. The van der Waals surface area contributed by atoms with Gasteiger partial charge in [-0.1, -0.05) is 12.1 Å². The van der Waals surface area contributed by atoms with Crippen LogP contribution in [0.15, 0.2) is 28.7 Å². The lowest BCUT2D eigenvalue weighted by molar-refractivity contribution is 0.130. The zero-order valence-corrected chi connectivity index (χ0v) is 10.6. The monoisotopic (exact) mass is 249 g/mol. The lowest BCUT2D eigenvalue weighted by atomic mass is 10.2. The third-order valence-electron chi connectivity index (χ3n) is 2.69. The van der Waals surface area contributed by atoms with Gasteiger partial charge in [0, 0.05) is 19.6 Å². The lowest BCUT2D eigenvalue weighted by Gasteiger charge is -2.06. The molecule has 4 heteroatoms. The molecule has 2 aromatic rings. The molecule has 0 bridgehead atoms. The maximum absolute atomic E-state index is 5.77. The van der Waals surface area contributed by atoms with Gasteiger partial charge in [-0.15, -0.1) is 0 Å². The van der Waals surface area contributed by atoms with Gasteiger partial charge in [0.15, 0.2) is 11.5 Å². The average molecular weight is 249 g/mol. The van der Waals surface area contributed by atoms with Gasteiger partial charge in [0.25, 0.3) is 0 Å². The van der Waals surface area contributed by atoms with Gasteiger partial charge in [0.1, 0.15) is 5.58 Å². The third-order valence-corrected chi connectivity index (χ3v) is 2.69. The molecule has 2 rings (SSSR count). The largest absolute Gasteiger partial charge is 0.489 e. The van der Waals surface area contributed by atoms with Crippen molar-refractivity contribution in [3.63, 3.8) is 0 Å². The summed E-state index contributed by atoms with van der Waals surface area (Å²) in [6.45, 7) is 4.38. The maximum atomic E-state index is 5.77. The molecule has 18 heavy (non-hydrogen) atoms. The number of nitrogens with two attached hydrogens (primary N) is 1. The van der Waals surface area contributed by atoms with Crippen LogP contribution in [0.4, 0.5) is 0 Å². The van der Waals surface area contributed by atoms with Gasteiger partial charge in [-0.05, 0) is 19.1 Å². The van der Waals surface area contributed by atoms with Crippen LogP contribution in [-0.2, 0) is 11.3 Å². The van der Waals surface area contributed by atoms with E-state index in [4.69, 9.17) is 19.6 Å². The van der Waals surface area contributed by atoms with Crippen molar-refractivity contribution in [2.24, 2.45) is 5.73 Å². The Bertz CT molecular complexity index is 493. The average Bonchev–Trinajstić information content (AvgIpc) is 2.77. The molecular weight excluding hydrogens is 230 g/mol. The van der Waals surface area contributed by atoms with E-state index in [0.29, 0.717) is 25.5 Å². The molecule has 0 amide bonds. The summed E-state index contributed by atoms with van der Waals surface area (Å²) in [4.78, 5) is 0. The predicted octanol–water partition coefficient (Wildman–Crippen LogP) is 2.70. The van der Waals surface area contributed by atoms with Crippen LogP contribution < -0.4 is 10.5 Å². The number of benzene rings is 1. The molecule has 0 atom stereocenters. The highest BCUT2D eigenvalue weighted by atomic mass is 16.5. The van der Waals surface area contributed by atoms with Gasteiger partial charge >= 0.3 is 0 Å². The molecule has 1 aromatic carbocycles. The molecule has 0 radical (unpaired) electrons. The molecule has 0 aliphatic rings. The first-order chi connectivity index (χ1) is 8.86. The number of hydrogen-bond donors (Lipinski definition) is 1. The molecule has 0 spiro atoms. The number of para-hydroxylation sites is 1. The minimum absolute atomic E-state index is 0.343. The Morgan fingerprint density at radius 3 is 2.83 bits per heavy atom. The van der Waals surface area contributed by atoms with Crippen LogP contribution in [-0.4, -0.2) is 19.8 Å². The minimum Gasteiger partial charge on any atom is -0.489 e. The number of hydrogen-bond acceptors (Lipinski definition) is 4. The Morgan fingerprint density at radius 2 is 2.06 bits per heavy atom. The normalized spacial score (nSPS) is 11.0. The molecule has 0 saturated carbocycles. The summed E-state index contributed by atoms with van der Waals surface area (Å²) in [6.07, 6.45) is 0.858. The van der Waals surface area contributed by atoms with Crippen molar-refractivity contribution in [3.05, 3.63) is 30.0 Å². The number of fused-ring (bicyclic) bond motifs is 1. The van der Waals surface area contributed by atoms with Crippen molar-refractivity contribution in [2.75, 3.05) is 19.8 Å². The first kappa shape index (κ1) is 12.9. The summed E-state index contributed by atoms with van der Waals surface area (Å²) < 4.78 is 16.7. The predicted molar refractivity (Wildman–Crippen MR) is 70.7 cm³/mol. The summed E-state index contributed by atoms with van der Waals surface area (Å²) in [6, 6.07) is 7.80. The second-order valence-corrected chi connectivity index (χ2v) is 3.95. The number of furan rings is 1. The van der Waals surface area contributed by atoms with E-state index in [2.05, 4.69) is 0 Å². The number of rotatable bonds is 7. The van der Waals surface area contributed by atoms with Crippen LogP contribution in [0.2, 0.25) is 0 Å². The van der Waals surface area contributed by atoms with Crippen LogP contribution in [0, 0.1) is 0 Å². The van der Waals surface area contributed by atoms with E-state index >= 15 is 0 Å². The van der Waals surface area contributed by atoms with E-state index < -0.39 is 0 Å². The van der Waals surface area contributed by atoms with Crippen molar-refractivity contribution in [1.29, 1.82) is 0 Å². The van der Waals surface area contributed by atoms with Gasteiger partial charge in [-0.3, -0.25) is 0 Å². The fourth-order valence-corrected chi connectivity index (χ4v) is 1.84. The lowest BCUT2D eigenvalue weighted by Crippen LogP contribution is -2.05. The Labute approximate surface area is 107 Å². The molecule has 1 heterocycles. The van der Waals surface area contributed by atoms with E-state index in [0.717, 1.165) is 29.7 Å². The Morgan fingerprint density at radius 1 is 1.22 bits per heavy atom. The van der Waals surface area contributed by atoms with Crippen molar-refractivity contribution >= 4 is 11.0 Å². The molecular formula is C14H19NO3. The topological polar surface area (TPSA) is 57.6 Å². The smallest absolute Gasteiger partial charge is 0.169 e. The highest BCUT2D eigenvalue weighted by Crippen LogP contribution is 2.32. The van der Waals surface area contributed by atoms with E-state index in [1.165, 1.54) is 0 Å². The molecule has 0 aliphatic heterocycles. The summed E-state index contributed by atoms with van der Waals surface area (Å²) in [5, 5.41) is 0.981. The molecule has 0 saturated heterocycles. The molecule has 1 aromatic heterocycles. The van der Waals surface area contributed by atoms with Crippen LogP contribution in [0.25, 0.3) is 11.0 Å². The van der Waals surface area contributed by atoms with Gasteiger partial charge in [-0.25, -0.2) is 0 Å². The summed E-state index contributed by atoms with van der Waals surface area (Å²) in [7, 11) is 0. The quantitative estimate of drug-likeness (QED) is 0.766. The van der Waals surface area contributed by atoms with Crippen molar-refractivity contribution in [2.45, 2.75) is 19.9 Å². The molecule has 2 N–H and O–H groups in total. The maximum Gasteiger partial charge on any atom is 0.169 e. The van der Waals surface area contributed by atoms with Crippen LogP contribution in [0.5, 0.6) is 5.75 Å². The zero-order chi connectivity index (χ0) is 12.8. The van der Waals surface area contributed by atoms with E-state index in [1.807, 2.05) is 31.2 Å². The summed E-state index contributed by atoms with van der Waals surface area (Å²) >= 11 is 0. The molecule has 0 fully saturated rings. The Kier molecular flexibility index (Phi) is 4.61. The molecule has 4 nitrogen and oxygen atoms in total. The summed E-state index contributed by atoms with van der Waals surface area (Å²) in [5.74, 6) is 1.47. The first-order valence-electron chi connectivity index (χ1n) is 6.27. The van der Waals surface area contributed by atoms with E-state index in [1.54, 1.807) is 0 Å². The van der Waals surface area contributed by atoms with Crippen molar-refractivity contribution in [1.82, 2.24) is 0 Å². The molecule has 0 unspecified atom stereocenters. The van der Waals surface area contributed by atoms with Crippen LogP contribution in [0.1, 0.15) is 19.1 Å². The molecule has 0 aliphatic carbocycles. The van der Waals surface area contributed by atoms with E-state index in [-0.39, 0.29) is 0 Å². The second-order valence-electron chi connectivity index (χ2n) is 3.95. The van der Waals surface area contributed by atoms with Crippen LogP contribution >= 0.6 is 0 Å². The van der Waals surface area contributed by atoms with Gasteiger partial charge in [-0.2, -0.15) is 0 Å². The second kappa shape index (κ2) is 6.42. The van der Waals surface area contributed by atoms with E-state index in [9.17, 15) is 0 Å². The Hall–Kier alpha value is -1.52. The first-order valence-corrected chi connectivity index (χ1v) is 6.27. The zero-order valence-electron chi connectivity index (χ0n) is 10.6. The fraction of sp³-hybridized carbons (Fsp3) is 0.429. The highest BCUT2D eigenvalue weighted by Gasteiger charge is 2.13. The Balaban J connectivity index is 2.06. The van der Waals surface area contributed by atoms with Crippen LogP contribution in [0.3, 0.4) is 0 Å². The van der Waals surface area contributed by atoms with Gasteiger partial charge in [0.2, 0.25) is 0 Å². The van der Waals surface area contributed by atoms with Gasteiger partial charge < -0.3 is 19.6 Å². The van der Waals surface area contributed by atoms with Gasteiger partial charge in [0.05, 0.1) is 18.5 Å². The van der Waals surface area contributed by atoms with Crippen molar-refractivity contribution < 1.29 is 13.9 Å². The standard InChI is InChI=1S/C14H19NO3/c1-2-16-8-5-9-17-14-11-6-3-4-7-12(11)18-13(14)10-15/h3-4,6-7H,2,5,8-10,15H2,1H3. The number of ether oxygens (including phenoxy) is 2. The molecule has 98 valence electrons. The van der Waals surface area contributed by atoms with Crippen molar-refractivity contribution in [3.8, 4) is 5.75 Å². The fourth-order valence-electron chi connectivity index (χ4n) is 1.84. The summed E-state index contributed by atoms with van der Waals surface area (Å²) in [5.41, 5.74) is 6.49. The highest BCUT2D eigenvalue weighted by molar-refractivity contribution is 5.85.